The molecular weight excluding hydrogens is 361 g/mol. The molecule has 1 aromatic carbocycles. The summed E-state index contributed by atoms with van der Waals surface area (Å²) in [5.74, 6) is 2.05. The van der Waals surface area contributed by atoms with Crippen LogP contribution in [0.4, 0.5) is 10.3 Å². The average molecular weight is 383 g/mol. The minimum absolute atomic E-state index is 0.149. The van der Waals surface area contributed by atoms with E-state index < -0.39 is 6.10 Å². The Morgan fingerprint density at radius 3 is 2.54 bits per heavy atom. The first-order valence-electron chi connectivity index (χ1n) is 9.27. The van der Waals surface area contributed by atoms with Crippen molar-refractivity contribution >= 4 is 5.95 Å². The van der Waals surface area contributed by atoms with Gasteiger partial charge >= 0.3 is 0 Å². The van der Waals surface area contributed by atoms with Crippen LogP contribution in [-0.4, -0.2) is 37.7 Å². The fourth-order valence-corrected chi connectivity index (χ4v) is 3.45. The lowest BCUT2D eigenvalue weighted by molar-refractivity contribution is 0.0823. The lowest BCUT2D eigenvalue weighted by Crippen LogP contribution is -2.37. The van der Waals surface area contributed by atoms with E-state index in [1.165, 1.54) is 12.1 Å². The van der Waals surface area contributed by atoms with Gasteiger partial charge in [-0.3, -0.25) is 0 Å². The number of piperidine rings is 1. The first-order chi connectivity index (χ1) is 13.6. The van der Waals surface area contributed by atoms with Gasteiger partial charge in [-0.1, -0.05) is 0 Å². The van der Waals surface area contributed by atoms with Crippen molar-refractivity contribution in [3.8, 4) is 11.6 Å². The Morgan fingerprint density at radius 1 is 1.11 bits per heavy atom. The largest absolute Gasteiger partial charge is 0.439 e. The number of aromatic nitrogens is 4. The summed E-state index contributed by atoms with van der Waals surface area (Å²) in [4.78, 5) is 15.2. The minimum Gasteiger partial charge on any atom is -0.439 e. The van der Waals surface area contributed by atoms with E-state index in [2.05, 4.69) is 19.9 Å². The van der Waals surface area contributed by atoms with Gasteiger partial charge in [0.15, 0.2) is 0 Å². The van der Waals surface area contributed by atoms with Gasteiger partial charge in [-0.15, -0.1) is 0 Å². The number of aliphatic hydroxyl groups excluding tert-OH is 1. The second-order valence-electron chi connectivity index (χ2n) is 6.92. The molecule has 2 aromatic heterocycles. The van der Waals surface area contributed by atoms with Crippen LogP contribution in [0.1, 0.15) is 24.8 Å². The number of nitrogens with zero attached hydrogens (tertiary/aromatic N) is 5. The maximum absolute atomic E-state index is 13.0. The van der Waals surface area contributed by atoms with Crippen molar-refractivity contribution in [1.82, 2.24) is 19.5 Å². The summed E-state index contributed by atoms with van der Waals surface area (Å²) in [7, 11) is 1.89. The van der Waals surface area contributed by atoms with Gasteiger partial charge < -0.3 is 19.3 Å². The predicted molar refractivity (Wildman–Crippen MR) is 102 cm³/mol. The Kier molecular flexibility index (Phi) is 5.21. The molecule has 8 heteroatoms. The standard InChI is InChI=1S/C20H22FN5O2/c1-25-13-10-22-19(25)18(27)14-7-11-26(12-8-14)20-23-9-6-17(24-20)28-16-4-2-15(21)3-5-16/h2-6,9-10,13-14,18,27H,7-8,11-12H2,1H3. The Bertz CT molecular complexity index is 922. The molecule has 4 rings (SSSR count). The monoisotopic (exact) mass is 383 g/mol. The highest BCUT2D eigenvalue weighted by molar-refractivity contribution is 5.34. The summed E-state index contributed by atoms with van der Waals surface area (Å²) < 4.78 is 20.6. The van der Waals surface area contributed by atoms with Crippen LogP contribution in [0.25, 0.3) is 0 Å². The number of anilines is 1. The molecule has 146 valence electrons. The quantitative estimate of drug-likeness (QED) is 0.730. The lowest BCUT2D eigenvalue weighted by Gasteiger charge is -2.34. The highest BCUT2D eigenvalue weighted by Crippen LogP contribution is 2.31. The minimum atomic E-state index is -0.573. The first kappa shape index (κ1) is 18.4. The van der Waals surface area contributed by atoms with Crippen LogP contribution in [0, 0.1) is 11.7 Å². The van der Waals surface area contributed by atoms with E-state index in [0.29, 0.717) is 23.4 Å². The van der Waals surface area contributed by atoms with Gasteiger partial charge in [-0.05, 0) is 43.0 Å². The summed E-state index contributed by atoms with van der Waals surface area (Å²) in [5, 5.41) is 10.6. The lowest BCUT2D eigenvalue weighted by atomic mass is 9.91. The number of imidazole rings is 1. The van der Waals surface area contributed by atoms with Crippen LogP contribution in [0.3, 0.4) is 0 Å². The Morgan fingerprint density at radius 2 is 1.86 bits per heavy atom. The number of ether oxygens (including phenoxy) is 1. The van der Waals surface area contributed by atoms with Crippen molar-refractivity contribution in [1.29, 1.82) is 0 Å². The Hall–Kier alpha value is -3.00. The molecule has 0 spiro atoms. The Labute approximate surface area is 162 Å². The van der Waals surface area contributed by atoms with E-state index in [9.17, 15) is 9.50 Å². The van der Waals surface area contributed by atoms with Crippen LogP contribution in [0.5, 0.6) is 11.6 Å². The molecule has 0 saturated carbocycles. The summed E-state index contributed by atoms with van der Waals surface area (Å²) in [6, 6.07) is 7.47. The SMILES string of the molecule is Cn1ccnc1C(O)C1CCN(c2nccc(Oc3ccc(F)cc3)n2)CC1. The molecule has 0 radical (unpaired) electrons. The molecule has 7 nitrogen and oxygen atoms in total. The van der Waals surface area contributed by atoms with Crippen molar-refractivity contribution in [3.63, 3.8) is 0 Å². The number of hydrogen-bond donors (Lipinski definition) is 1. The van der Waals surface area contributed by atoms with E-state index in [1.807, 2.05) is 17.8 Å². The van der Waals surface area contributed by atoms with Gasteiger partial charge in [0.1, 0.15) is 23.5 Å². The molecule has 1 fully saturated rings. The van der Waals surface area contributed by atoms with E-state index >= 15 is 0 Å². The van der Waals surface area contributed by atoms with Gasteiger partial charge in [0.25, 0.3) is 0 Å². The fraction of sp³-hybridized carbons (Fsp3) is 0.350. The average Bonchev–Trinajstić information content (AvgIpc) is 3.15. The maximum atomic E-state index is 13.0. The zero-order chi connectivity index (χ0) is 19.5. The van der Waals surface area contributed by atoms with Crippen LogP contribution in [0.15, 0.2) is 48.9 Å². The number of halogens is 1. The van der Waals surface area contributed by atoms with Gasteiger partial charge in [0.2, 0.25) is 11.8 Å². The van der Waals surface area contributed by atoms with Crippen molar-refractivity contribution in [2.24, 2.45) is 13.0 Å². The zero-order valence-electron chi connectivity index (χ0n) is 15.6. The molecule has 1 unspecified atom stereocenters. The third kappa shape index (κ3) is 3.96. The third-order valence-corrected chi connectivity index (χ3v) is 5.05. The van der Waals surface area contributed by atoms with Crippen LogP contribution >= 0.6 is 0 Å². The summed E-state index contributed by atoms with van der Waals surface area (Å²) in [5.41, 5.74) is 0. The number of aryl methyl sites for hydroxylation is 1. The van der Waals surface area contributed by atoms with Crippen molar-refractivity contribution in [3.05, 3.63) is 60.6 Å². The molecule has 1 aliphatic rings. The molecule has 1 saturated heterocycles. The fourth-order valence-electron chi connectivity index (χ4n) is 3.45. The second-order valence-corrected chi connectivity index (χ2v) is 6.92. The predicted octanol–water partition coefficient (Wildman–Crippen LogP) is 3.09. The number of aliphatic hydroxyl groups is 1. The molecule has 0 aliphatic carbocycles. The highest BCUT2D eigenvalue weighted by Gasteiger charge is 2.29. The van der Waals surface area contributed by atoms with Crippen molar-refractivity contribution in [2.75, 3.05) is 18.0 Å². The maximum Gasteiger partial charge on any atom is 0.228 e. The van der Waals surface area contributed by atoms with E-state index in [-0.39, 0.29) is 11.7 Å². The van der Waals surface area contributed by atoms with Crippen LogP contribution in [0.2, 0.25) is 0 Å². The summed E-state index contributed by atoms with van der Waals surface area (Å²) in [6.45, 7) is 1.48. The molecule has 1 atom stereocenters. The molecule has 3 heterocycles. The van der Waals surface area contributed by atoms with Crippen LogP contribution in [-0.2, 0) is 7.05 Å². The van der Waals surface area contributed by atoms with Crippen molar-refractivity contribution in [2.45, 2.75) is 18.9 Å². The number of rotatable bonds is 5. The smallest absolute Gasteiger partial charge is 0.228 e. The van der Waals surface area contributed by atoms with Crippen LogP contribution < -0.4 is 9.64 Å². The van der Waals surface area contributed by atoms with E-state index in [1.54, 1.807) is 30.6 Å². The number of benzene rings is 1. The Balaban J connectivity index is 1.39. The second kappa shape index (κ2) is 7.93. The van der Waals surface area contributed by atoms with Gasteiger partial charge in [0.05, 0.1) is 0 Å². The highest BCUT2D eigenvalue weighted by atomic mass is 19.1. The molecule has 3 aromatic rings. The first-order valence-corrected chi connectivity index (χ1v) is 9.27. The van der Waals surface area contributed by atoms with Gasteiger partial charge in [0, 0.05) is 44.8 Å². The third-order valence-electron chi connectivity index (χ3n) is 5.05. The van der Waals surface area contributed by atoms with E-state index in [4.69, 9.17) is 4.74 Å². The van der Waals surface area contributed by atoms with E-state index in [0.717, 1.165) is 25.9 Å². The topological polar surface area (TPSA) is 76.3 Å². The summed E-state index contributed by atoms with van der Waals surface area (Å²) >= 11 is 0. The molecule has 28 heavy (non-hydrogen) atoms. The summed E-state index contributed by atoms with van der Waals surface area (Å²) in [6.07, 6.45) is 6.26. The number of hydrogen-bond acceptors (Lipinski definition) is 6. The van der Waals surface area contributed by atoms with Gasteiger partial charge in [-0.2, -0.15) is 4.98 Å². The molecule has 1 aliphatic heterocycles. The molecular formula is C20H22FN5O2. The van der Waals surface area contributed by atoms with Crippen molar-refractivity contribution < 1.29 is 14.2 Å². The molecule has 0 amide bonds. The van der Waals surface area contributed by atoms with Gasteiger partial charge in [-0.25, -0.2) is 14.4 Å². The molecule has 1 N–H and O–H groups in total. The zero-order valence-corrected chi connectivity index (χ0v) is 15.6. The molecule has 0 bridgehead atoms. The normalized spacial score (nSPS) is 16.2.